The van der Waals surface area contributed by atoms with Gasteiger partial charge >= 0.3 is 0 Å². The molecule has 0 atom stereocenters. The monoisotopic (exact) mass is 351 g/mol. The van der Waals surface area contributed by atoms with Crippen LogP contribution in [0.3, 0.4) is 0 Å². The van der Waals surface area contributed by atoms with E-state index in [0.717, 1.165) is 42.1 Å². The first-order valence-corrected chi connectivity index (χ1v) is 8.87. The predicted octanol–water partition coefficient (Wildman–Crippen LogP) is 3.48. The number of anilines is 1. The number of nitrogens with one attached hydrogen (secondary N) is 1. The molecule has 0 saturated heterocycles. The second-order valence-electron chi connectivity index (χ2n) is 7.30. The van der Waals surface area contributed by atoms with Gasteiger partial charge in [-0.15, -0.1) is 0 Å². The van der Waals surface area contributed by atoms with Crippen molar-refractivity contribution in [3.63, 3.8) is 0 Å². The predicted molar refractivity (Wildman–Crippen MR) is 101 cm³/mol. The van der Waals surface area contributed by atoms with Crippen LogP contribution in [-0.4, -0.2) is 24.4 Å². The van der Waals surface area contributed by atoms with E-state index < -0.39 is 0 Å². The molecule has 136 valence electrons. The average molecular weight is 351 g/mol. The van der Waals surface area contributed by atoms with Gasteiger partial charge in [0.15, 0.2) is 5.65 Å². The van der Waals surface area contributed by atoms with E-state index >= 15 is 0 Å². The van der Waals surface area contributed by atoms with E-state index in [4.69, 9.17) is 5.26 Å². The lowest BCUT2D eigenvalue weighted by atomic mass is 9.90. The highest BCUT2D eigenvalue weighted by Gasteiger charge is 2.17. The molecule has 3 rings (SSSR count). The second-order valence-corrected chi connectivity index (χ2v) is 7.30. The quantitative estimate of drug-likeness (QED) is 0.704. The Labute approximate surface area is 153 Å². The molecule has 1 N–H and O–H groups in total. The zero-order chi connectivity index (χ0) is 18.7. The molecule has 0 unspecified atom stereocenters. The number of fused-ring (bicyclic) bond motifs is 1. The Morgan fingerprint density at radius 1 is 1.31 bits per heavy atom. The summed E-state index contributed by atoms with van der Waals surface area (Å²) in [4.78, 5) is 4.37. The van der Waals surface area contributed by atoms with Gasteiger partial charge in [0.25, 0.3) is 0 Å². The lowest BCUT2D eigenvalue weighted by Crippen LogP contribution is -2.11. The van der Waals surface area contributed by atoms with Crippen LogP contribution in [0.5, 0.6) is 0 Å². The molecule has 26 heavy (non-hydrogen) atoms. The Bertz CT molecular complexity index is 943. The Hall–Kier alpha value is -2.88. The summed E-state index contributed by atoms with van der Waals surface area (Å²) in [6, 6.07) is 4.23. The van der Waals surface area contributed by atoms with Gasteiger partial charge in [-0.2, -0.15) is 15.5 Å². The molecule has 0 radical (unpaired) electrons. The summed E-state index contributed by atoms with van der Waals surface area (Å²) in [5.41, 5.74) is 4.86. The average Bonchev–Trinajstić information content (AvgIpc) is 3.18. The molecular weight excluding hydrogens is 326 g/mol. The van der Waals surface area contributed by atoms with Gasteiger partial charge in [-0.25, -0.2) is 9.50 Å². The summed E-state index contributed by atoms with van der Waals surface area (Å²) in [5.74, 6) is 0. The highest BCUT2D eigenvalue weighted by molar-refractivity contribution is 5.46. The standard InChI is InChI=1S/C19H25N7/c1-14-17(11-21-16-10-22-18-6-8-23-26(18)12-16)15(2)25(24-14)9-5-7-19(3,4)13-20/h6,8,10,12,21H,5,7,9,11H2,1-4H3. The minimum absolute atomic E-state index is 0.279. The summed E-state index contributed by atoms with van der Waals surface area (Å²) >= 11 is 0. The molecule has 7 nitrogen and oxygen atoms in total. The van der Waals surface area contributed by atoms with Crippen molar-refractivity contribution in [1.82, 2.24) is 24.4 Å². The number of nitrogens with zero attached hydrogens (tertiary/aromatic N) is 6. The Morgan fingerprint density at radius 3 is 2.88 bits per heavy atom. The van der Waals surface area contributed by atoms with Gasteiger partial charge in [0.2, 0.25) is 0 Å². The van der Waals surface area contributed by atoms with Crippen LogP contribution in [0.4, 0.5) is 5.69 Å². The van der Waals surface area contributed by atoms with Crippen molar-refractivity contribution in [2.45, 2.75) is 53.6 Å². The highest BCUT2D eigenvalue weighted by Crippen LogP contribution is 2.22. The number of aromatic nitrogens is 5. The van der Waals surface area contributed by atoms with Crippen LogP contribution in [0.2, 0.25) is 0 Å². The maximum atomic E-state index is 9.13. The summed E-state index contributed by atoms with van der Waals surface area (Å²) in [6.07, 6.45) is 7.29. The van der Waals surface area contributed by atoms with E-state index in [2.05, 4.69) is 38.2 Å². The first-order valence-electron chi connectivity index (χ1n) is 8.87. The van der Waals surface area contributed by atoms with E-state index in [0.29, 0.717) is 6.54 Å². The van der Waals surface area contributed by atoms with Crippen LogP contribution < -0.4 is 5.32 Å². The Kier molecular flexibility index (Phi) is 4.94. The van der Waals surface area contributed by atoms with Gasteiger partial charge in [-0.1, -0.05) is 0 Å². The van der Waals surface area contributed by atoms with Gasteiger partial charge in [0, 0.05) is 30.4 Å². The first kappa shape index (κ1) is 17.9. The smallest absolute Gasteiger partial charge is 0.155 e. The van der Waals surface area contributed by atoms with Gasteiger partial charge in [0.1, 0.15) is 0 Å². The molecule has 0 aliphatic heterocycles. The van der Waals surface area contributed by atoms with E-state index in [9.17, 15) is 0 Å². The van der Waals surface area contributed by atoms with Crippen LogP contribution in [0.25, 0.3) is 5.65 Å². The van der Waals surface area contributed by atoms with E-state index in [-0.39, 0.29) is 5.41 Å². The third-order valence-electron chi connectivity index (χ3n) is 4.72. The normalized spacial score (nSPS) is 11.7. The number of hydrogen-bond acceptors (Lipinski definition) is 5. The molecule has 0 amide bonds. The van der Waals surface area contributed by atoms with Crippen molar-refractivity contribution in [3.8, 4) is 6.07 Å². The molecule has 7 heteroatoms. The van der Waals surface area contributed by atoms with Crippen molar-refractivity contribution < 1.29 is 0 Å². The summed E-state index contributed by atoms with van der Waals surface area (Å²) in [5, 5.41) is 21.4. The number of rotatable bonds is 7. The van der Waals surface area contributed by atoms with Crippen molar-refractivity contribution in [2.75, 3.05) is 5.32 Å². The van der Waals surface area contributed by atoms with E-state index in [1.807, 2.05) is 39.2 Å². The topological polar surface area (TPSA) is 83.8 Å². The molecule has 0 spiro atoms. The number of nitriles is 1. The SMILES string of the molecule is Cc1nn(CCCC(C)(C)C#N)c(C)c1CNc1cnc2ccnn2c1. The minimum atomic E-state index is -0.279. The van der Waals surface area contributed by atoms with Gasteiger partial charge in [-0.3, -0.25) is 4.68 Å². The van der Waals surface area contributed by atoms with Gasteiger partial charge in [-0.05, 0) is 40.5 Å². The molecule has 0 aliphatic carbocycles. The highest BCUT2D eigenvalue weighted by atomic mass is 15.3. The van der Waals surface area contributed by atoms with Gasteiger partial charge in [0.05, 0.1) is 41.5 Å². The van der Waals surface area contributed by atoms with E-state index in [1.165, 1.54) is 5.56 Å². The third-order valence-corrected chi connectivity index (χ3v) is 4.72. The molecule has 0 aliphatic rings. The molecular formula is C19H25N7. The fourth-order valence-corrected chi connectivity index (χ4v) is 3.03. The van der Waals surface area contributed by atoms with E-state index in [1.54, 1.807) is 10.7 Å². The van der Waals surface area contributed by atoms with Gasteiger partial charge < -0.3 is 5.32 Å². The lowest BCUT2D eigenvalue weighted by Gasteiger charge is -2.14. The van der Waals surface area contributed by atoms with Crippen LogP contribution in [-0.2, 0) is 13.1 Å². The zero-order valence-electron chi connectivity index (χ0n) is 15.8. The molecule has 3 aromatic heterocycles. The number of aryl methyl sites for hydroxylation is 2. The summed E-state index contributed by atoms with van der Waals surface area (Å²) < 4.78 is 3.80. The largest absolute Gasteiger partial charge is 0.378 e. The minimum Gasteiger partial charge on any atom is -0.378 e. The fraction of sp³-hybridized carbons (Fsp3) is 0.474. The fourth-order valence-electron chi connectivity index (χ4n) is 3.03. The third kappa shape index (κ3) is 3.85. The molecule has 0 aromatic carbocycles. The molecule has 3 aromatic rings. The van der Waals surface area contributed by atoms with Crippen LogP contribution in [0, 0.1) is 30.6 Å². The molecule has 0 fully saturated rings. The summed E-state index contributed by atoms with van der Waals surface area (Å²) in [7, 11) is 0. The van der Waals surface area contributed by atoms with Crippen molar-refractivity contribution in [1.29, 1.82) is 5.26 Å². The zero-order valence-corrected chi connectivity index (χ0v) is 15.8. The second kappa shape index (κ2) is 7.16. The number of hydrogen-bond donors (Lipinski definition) is 1. The molecule has 0 bridgehead atoms. The molecule has 3 heterocycles. The van der Waals surface area contributed by atoms with Crippen molar-refractivity contribution in [2.24, 2.45) is 5.41 Å². The Balaban J connectivity index is 1.65. The van der Waals surface area contributed by atoms with Crippen LogP contribution in [0.1, 0.15) is 43.6 Å². The van der Waals surface area contributed by atoms with Crippen molar-refractivity contribution in [3.05, 3.63) is 41.6 Å². The molecule has 0 saturated carbocycles. The lowest BCUT2D eigenvalue weighted by molar-refractivity contribution is 0.404. The van der Waals surface area contributed by atoms with Crippen LogP contribution in [0.15, 0.2) is 24.7 Å². The Morgan fingerprint density at radius 2 is 2.12 bits per heavy atom. The van der Waals surface area contributed by atoms with Crippen molar-refractivity contribution >= 4 is 11.3 Å². The summed E-state index contributed by atoms with van der Waals surface area (Å²) in [6.45, 7) is 9.62. The first-order chi connectivity index (χ1) is 12.4. The van der Waals surface area contributed by atoms with Crippen LogP contribution >= 0.6 is 0 Å². The maximum Gasteiger partial charge on any atom is 0.155 e. The maximum absolute atomic E-state index is 9.13.